The summed E-state index contributed by atoms with van der Waals surface area (Å²) >= 11 is 0. The second-order valence-electron chi connectivity index (χ2n) is 6.82. The van der Waals surface area contributed by atoms with Gasteiger partial charge in [0.2, 0.25) is 15.8 Å². The molecule has 0 aliphatic rings. The van der Waals surface area contributed by atoms with Gasteiger partial charge in [0.15, 0.2) is 6.61 Å². The lowest BCUT2D eigenvalue weighted by atomic mass is 10.0. The maximum absolute atomic E-state index is 12.3. The molecule has 0 amide bonds. The molecule has 0 unspecified atom stereocenters. The standard InChI is InChI=1S/C21H25NO6S/c1-14-5-6-15(2)19(11-14)20(23)13-28-21(24)17-7-9-18(10-8-17)29(25,26)22-16(3)12-27-4/h5-11,16,22H,12-13H2,1-4H3/t16-/m1/s1. The number of methoxy groups -OCH3 is 1. The van der Waals surface area contributed by atoms with Gasteiger partial charge in [0.05, 0.1) is 17.1 Å². The van der Waals surface area contributed by atoms with Crippen molar-refractivity contribution in [3.8, 4) is 0 Å². The number of benzene rings is 2. The zero-order chi connectivity index (χ0) is 21.6. The van der Waals surface area contributed by atoms with Gasteiger partial charge < -0.3 is 9.47 Å². The van der Waals surface area contributed by atoms with Crippen molar-refractivity contribution in [3.63, 3.8) is 0 Å². The summed E-state index contributed by atoms with van der Waals surface area (Å²) in [6.45, 7) is 5.22. The Balaban J connectivity index is 2.01. The number of carbonyl (C=O) groups excluding carboxylic acids is 2. The fourth-order valence-corrected chi connectivity index (χ4v) is 3.94. The van der Waals surface area contributed by atoms with Crippen molar-refractivity contribution in [2.24, 2.45) is 0 Å². The molecular formula is C21H25NO6S. The smallest absolute Gasteiger partial charge is 0.338 e. The molecule has 0 radical (unpaired) electrons. The highest BCUT2D eigenvalue weighted by atomic mass is 32.2. The molecule has 0 aliphatic carbocycles. The Morgan fingerprint density at radius 3 is 2.34 bits per heavy atom. The largest absolute Gasteiger partial charge is 0.454 e. The molecule has 2 rings (SSSR count). The van der Waals surface area contributed by atoms with E-state index in [1.54, 1.807) is 13.0 Å². The van der Waals surface area contributed by atoms with Crippen LogP contribution in [0.4, 0.5) is 0 Å². The number of rotatable bonds is 9. The van der Waals surface area contributed by atoms with Crippen LogP contribution in [-0.4, -0.2) is 46.5 Å². The summed E-state index contributed by atoms with van der Waals surface area (Å²) in [7, 11) is -2.25. The highest BCUT2D eigenvalue weighted by Gasteiger charge is 2.19. The first-order valence-electron chi connectivity index (χ1n) is 9.03. The molecule has 8 heteroatoms. The van der Waals surface area contributed by atoms with Gasteiger partial charge in [0, 0.05) is 18.7 Å². The molecule has 0 spiro atoms. The zero-order valence-electron chi connectivity index (χ0n) is 16.9. The van der Waals surface area contributed by atoms with Crippen molar-refractivity contribution >= 4 is 21.8 Å². The summed E-state index contributed by atoms with van der Waals surface area (Å²) in [6, 6.07) is 10.4. The maximum atomic E-state index is 12.3. The Bertz CT molecular complexity index is 983. The molecule has 156 valence electrons. The second kappa shape index (κ2) is 9.78. The van der Waals surface area contributed by atoms with Crippen LogP contribution in [0, 0.1) is 13.8 Å². The summed E-state index contributed by atoms with van der Waals surface area (Å²) in [5, 5.41) is 0. The van der Waals surface area contributed by atoms with Crippen molar-refractivity contribution in [2.75, 3.05) is 20.3 Å². The van der Waals surface area contributed by atoms with Gasteiger partial charge in [-0.2, -0.15) is 0 Å². The molecule has 0 bridgehead atoms. The molecule has 0 heterocycles. The number of sulfonamides is 1. The molecule has 1 atom stereocenters. The van der Waals surface area contributed by atoms with Crippen molar-refractivity contribution in [2.45, 2.75) is 31.7 Å². The lowest BCUT2D eigenvalue weighted by Crippen LogP contribution is -2.35. The highest BCUT2D eigenvalue weighted by molar-refractivity contribution is 7.89. The van der Waals surface area contributed by atoms with E-state index in [0.717, 1.165) is 11.1 Å². The average Bonchev–Trinajstić information content (AvgIpc) is 2.67. The van der Waals surface area contributed by atoms with Crippen LogP contribution in [0.5, 0.6) is 0 Å². The molecule has 0 fully saturated rings. The second-order valence-corrected chi connectivity index (χ2v) is 8.53. The summed E-state index contributed by atoms with van der Waals surface area (Å²) in [5.41, 5.74) is 2.41. The summed E-state index contributed by atoms with van der Waals surface area (Å²) in [4.78, 5) is 24.5. The molecule has 2 aromatic rings. The monoisotopic (exact) mass is 419 g/mol. The predicted octanol–water partition coefficient (Wildman–Crippen LogP) is 2.66. The van der Waals surface area contributed by atoms with Crippen LogP contribution in [0.15, 0.2) is 47.4 Å². The average molecular weight is 419 g/mol. The van der Waals surface area contributed by atoms with Crippen LogP contribution in [0.1, 0.15) is 38.8 Å². The molecule has 29 heavy (non-hydrogen) atoms. The number of hydrogen-bond donors (Lipinski definition) is 1. The quantitative estimate of drug-likeness (QED) is 0.496. The van der Waals surface area contributed by atoms with Crippen LogP contribution >= 0.6 is 0 Å². The number of nitrogens with one attached hydrogen (secondary N) is 1. The van der Waals surface area contributed by atoms with Gasteiger partial charge in [-0.25, -0.2) is 17.9 Å². The van der Waals surface area contributed by atoms with Gasteiger partial charge >= 0.3 is 5.97 Å². The molecule has 0 saturated heterocycles. The minimum absolute atomic E-state index is 0.0171. The Hall–Kier alpha value is -2.55. The Morgan fingerprint density at radius 2 is 1.72 bits per heavy atom. The van der Waals surface area contributed by atoms with E-state index >= 15 is 0 Å². The van der Waals surface area contributed by atoms with Crippen LogP contribution in [0.3, 0.4) is 0 Å². The van der Waals surface area contributed by atoms with E-state index in [1.807, 2.05) is 26.0 Å². The van der Waals surface area contributed by atoms with Gasteiger partial charge in [0.1, 0.15) is 0 Å². The summed E-state index contributed by atoms with van der Waals surface area (Å²) < 4.78 is 37.1. The molecule has 0 aliphatic heterocycles. The van der Waals surface area contributed by atoms with Crippen molar-refractivity contribution in [3.05, 3.63) is 64.7 Å². The van der Waals surface area contributed by atoms with Gasteiger partial charge in [-0.15, -0.1) is 0 Å². The lowest BCUT2D eigenvalue weighted by molar-refractivity contribution is 0.0474. The minimum Gasteiger partial charge on any atom is -0.454 e. The van der Waals surface area contributed by atoms with E-state index in [2.05, 4.69) is 4.72 Å². The Morgan fingerprint density at radius 1 is 1.07 bits per heavy atom. The molecular weight excluding hydrogens is 394 g/mol. The van der Waals surface area contributed by atoms with Crippen molar-refractivity contribution < 1.29 is 27.5 Å². The fourth-order valence-electron chi connectivity index (χ4n) is 2.72. The van der Waals surface area contributed by atoms with Crippen molar-refractivity contribution in [1.29, 1.82) is 0 Å². The lowest BCUT2D eigenvalue weighted by Gasteiger charge is -2.13. The van der Waals surface area contributed by atoms with Crippen LogP contribution < -0.4 is 4.72 Å². The SMILES string of the molecule is COC[C@@H](C)NS(=O)(=O)c1ccc(C(=O)OCC(=O)c2cc(C)ccc2C)cc1. The number of aryl methyl sites for hydroxylation is 2. The number of esters is 1. The van der Waals surface area contributed by atoms with E-state index in [4.69, 9.17) is 9.47 Å². The highest BCUT2D eigenvalue weighted by Crippen LogP contribution is 2.14. The van der Waals surface area contributed by atoms with E-state index in [0.29, 0.717) is 5.56 Å². The maximum Gasteiger partial charge on any atom is 0.338 e. The molecule has 7 nitrogen and oxygen atoms in total. The number of Topliss-reactive ketones (excluding diaryl/α,β-unsaturated/α-hetero) is 1. The third-order valence-corrected chi connectivity index (χ3v) is 5.81. The van der Waals surface area contributed by atoms with E-state index in [1.165, 1.54) is 31.4 Å². The molecule has 1 N–H and O–H groups in total. The third kappa shape index (κ3) is 6.22. The van der Waals surface area contributed by atoms with E-state index in [9.17, 15) is 18.0 Å². The van der Waals surface area contributed by atoms with Gasteiger partial charge in [0.25, 0.3) is 0 Å². The van der Waals surface area contributed by atoms with Gasteiger partial charge in [-0.1, -0.05) is 17.7 Å². The first-order chi connectivity index (χ1) is 13.6. The Labute approximate surface area is 171 Å². The predicted molar refractivity (Wildman–Crippen MR) is 109 cm³/mol. The van der Waals surface area contributed by atoms with Crippen molar-refractivity contribution in [1.82, 2.24) is 4.72 Å². The zero-order valence-corrected chi connectivity index (χ0v) is 17.7. The number of carbonyl (C=O) groups is 2. The third-order valence-electron chi connectivity index (χ3n) is 4.20. The molecule has 2 aromatic carbocycles. The van der Waals surface area contributed by atoms with Gasteiger partial charge in [-0.05, 0) is 56.7 Å². The van der Waals surface area contributed by atoms with Crippen LogP contribution in [-0.2, 0) is 19.5 Å². The molecule has 0 aromatic heterocycles. The molecule has 0 saturated carbocycles. The van der Waals surface area contributed by atoms with Crippen LogP contribution in [0.2, 0.25) is 0 Å². The van der Waals surface area contributed by atoms with E-state index < -0.39 is 22.0 Å². The first-order valence-corrected chi connectivity index (χ1v) is 10.5. The van der Waals surface area contributed by atoms with Crippen LogP contribution in [0.25, 0.3) is 0 Å². The fraction of sp³-hybridized carbons (Fsp3) is 0.333. The minimum atomic E-state index is -3.73. The topological polar surface area (TPSA) is 98.8 Å². The van der Waals surface area contributed by atoms with Gasteiger partial charge in [-0.3, -0.25) is 4.79 Å². The number of ketones is 1. The first kappa shape index (κ1) is 22.7. The Kier molecular flexibility index (Phi) is 7.66. The van der Waals surface area contributed by atoms with E-state index in [-0.39, 0.29) is 29.5 Å². The number of hydrogen-bond acceptors (Lipinski definition) is 6. The normalized spacial score (nSPS) is 12.4. The summed E-state index contributed by atoms with van der Waals surface area (Å²) in [6.07, 6.45) is 0. The number of ether oxygens (including phenoxy) is 2. The summed E-state index contributed by atoms with van der Waals surface area (Å²) in [5.74, 6) is -0.997.